The van der Waals surface area contributed by atoms with E-state index in [1.807, 2.05) is 30.7 Å². The summed E-state index contributed by atoms with van der Waals surface area (Å²) in [5.74, 6) is 3.42. The quantitative estimate of drug-likeness (QED) is 0.615. The fourth-order valence-electron chi connectivity index (χ4n) is 0.945. The molecule has 1 rings (SSSR count). The van der Waals surface area contributed by atoms with Crippen molar-refractivity contribution in [3.8, 4) is 18.1 Å². The number of methoxy groups -OCH3 is 1. The molecular weight excluding hydrogens is 148 g/mol. The monoisotopic (exact) mass is 159 g/mol. The molecule has 0 unspecified atom stereocenters. The molecule has 1 aromatic carbocycles. The standard InChI is InChI=1S/C11H11O/c1-3-4-6-10-7-5-8-11(9-10)12-2/h1,5-9H,4H2,2H3. The largest absolute Gasteiger partial charge is 0.497 e. The zero-order valence-corrected chi connectivity index (χ0v) is 7.08. The van der Waals surface area contributed by atoms with Crippen LogP contribution in [0.1, 0.15) is 12.0 Å². The molecular formula is C11H11O. The van der Waals surface area contributed by atoms with Crippen molar-refractivity contribution >= 4 is 0 Å². The lowest BCUT2D eigenvalue weighted by Crippen LogP contribution is -1.85. The van der Waals surface area contributed by atoms with Crippen LogP contribution in [0.25, 0.3) is 0 Å². The van der Waals surface area contributed by atoms with Gasteiger partial charge in [0.05, 0.1) is 7.11 Å². The van der Waals surface area contributed by atoms with Crippen LogP contribution in [0.15, 0.2) is 24.3 Å². The molecule has 12 heavy (non-hydrogen) atoms. The van der Waals surface area contributed by atoms with Gasteiger partial charge < -0.3 is 4.74 Å². The fraction of sp³-hybridized carbons (Fsp3) is 0.182. The summed E-state index contributed by atoms with van der Waals surface area (Å²) in [7, 11) is 1.65. The summed E-state index contributed by atoms with van der Waals surface area (Å²) >= 11 is 0. The van der Waals surface area contributed by atoms with E-state index in [0.717, 1.165) is 11.3 Å². The lowest BCUT2D eigenvalue weighted by Gasteiger charge is -2.01. The van der Waals surface area contributed by atoms with Gasteiger partial charge in [0.25, 0.3) is 0 Å². The third-order valence-electron chi connectivity index (χ3n) is 1.55. The third kappa shape index (κ3) is 2.32. The van der Waals surface area contributed by atoms with Gasteiger partial charge in [-0.3, -0.25) is 0 Å². The normalized spacial score (nSPS) is 9.00. The molecule has 0 fully saturated rings. The first-order chi connectivity index (χ1) is 5.86. The number of hydrogen-bond donors (Lipinski definition) is 0. The Bertz CT molecular complexity index is 283. The van der Waals surface area contributed by atoms with Crippen LogP contribution in [0.5, 0.6) is 5.75 Å². The summed E-state index contributed by atoms with van der Waals surface area (Å²) < 4.78 is 5.06. The molecule has 0 aliphatic rings. The van der Waals surface area contributed by atoms with Crippen LogP contribution in [-0.2, 0) is 0 Å². The van der Waals surface area contributed by atoms with Gasteiger partial charge in [-0.1, -0.05) is 12.1 Å². The summed E-state index contributed by atoms with van der Waals surface area (Å²) in [6.45, 7) is 0. The van der Waals surface area contributed by atoms with Crippen molar-refractivity contribution in [3.05, 3.63) is 36.2 Å². The molecule has 1 aromatic rings. The Morgan fingerprint density at radius 3 is 3.08 bits per heavy atom. The van der Waals surface area contributed by atoms with Crippen LogP contribution >= 0.6 is 0 Å². The third-order valence-corrected chi connectivity index (χ3v) is 1.55. The number of ether oxygens (including phenoxy) is 1. The summed E-state index contributed by atoms with van der Waals surface area (Å²) in [6, 6.07) is 7.81. The Morgan fingerprint density at radius 2 is 2.42 bits per heavy atom. The van der Waals surface area contributed by atoms with Crippen molar-refractivity contribution in [1.82, 2.24) is 0 Å². The molecule has 0 aliphatic heterocycles. The van der Waals surface area contributed by atoms with Gasteiger partial charge in [-0.2, -0.15) is 0 Å². The summed E-state index contributed by atoms with van der Waals surface area (Å²) in [6.07, 6.45) is 7.78. The molecule has 1 nitrogen and oxygen atoms in total. The van der Waals surface area contributed by atoms with E-state index in [2.05, 4.69) is 5.92 Å². The second-order valence-electron chi connectivity index (χ2n) is 2.39. The smallest absolute Gasteiger partial charge is 0.119 e. The van der Waals surface area contributed by atoms with Crippen molar-refractivity contribution in [2.75, 3.05) is 7.11 Å². The Labute approximate surface area is 73.4 Å². The molecule has 0 atom stereocenters. The molecule has 0 N–H and O–H groups in total. The van der Waals surface area contributed by atoms with Gasteiger partial charge in [-0.05, 0) is 17.7 Å². The first-order valence-electron chi connectivity index (χ1n) is 3.77. The Kier molecular flexibility index (Phi) is 3.22. The van der Waals surface area contributed by atoms with Gasteiger partial charge in [0.1, 0.15) is 5.75 Å². The van der Waals surface area contributed by atoms with Gasteiger partial charge in [0.15, 0.2) is 0 Å². The highest BCUT2D eigenvalue weighted by Gasteiger charge is 1.93. The second-order valence-corrected chi connectivity index (χ2v) is 2.39. The van der Waals surface area contributed by atoms with Gasteiger partial charge >= 0.3 is 0 Å². The first kappa shape index (κ1) is 8.67. The zero-order valence-electron chi connectivity index (χ0n) is 7.08. The van der Waals surface area contributed by atoms with Gasteiger partial charge in [-0.15, -0.1) is 12.3 Å². The minimum absolute atomic E-state index is 0.660. The minimum Gasteiger partial charge on any atom is -0.497 e. The van der Waals surface area contributed by atoms with Crippen molar-refractivity contribution in [1.29, 1.82) is 0 Å². The van der Waals surface area contributed by atoms with Crippen LogP contribution in [0.3, 0.4) is 0 Å². The molecule has 61 valence electrons. The van der Waals surface area contributed by atoms with Crippen LogP contribution in [0, 0.1) is 18.8 Å². The highest BCUT2D eigenvalue weighted by atomic mass is 16.5. The Hall–Kier alpha value is -1.42. The van der Waals surface area contributed by atoms with Crippen LogP contribution < -0.4 is 4.74 Å². The molecule has 1 heteroatoms. The van der Waals surface area contributed by atoms with E-state index in [9.17, 15) is 0 Å². The SMILES string of the molecule is C#CC[CH]c1cccc(OC)c1. The Morgan fingerprint density at radius 1 is 1.58 bits per heavy atom. The number of rotatable bonds is 3. The molecule has 0 heterocycles. The van der Waals surface area contributed by atoms with E-state index in [1.54, 1.807) is 7.11 Å². The highest BCUT2D eigenvalue weighted by molar-refractivity contribution is 5.33. The average molecular weight is 159 g/mol. The van der Waals surface area contributed by atoms with Gasteiger partial charge in [0, 0.05) is 12.8 Å². The summed E-state index contributed by atoms with van der Waals surface area (Å²) in [4.78, 5) is 0. The molecule has 0 saturated heterocycles. The van der Waals surface area contributed by atoms with Crippen LogP contribution in [0.4, 0.5) is 0 Å². The fourth-order valence-corrected chi connectivity index (χ4v) is 0.945. The molecule has 0 aromatic heterocycles. The minimum atomic E-state index is 0.660. The van der Waals surface area contributed by atoms with E-state index >= 15 is 0 Å². The highest BCUT2D eigenvalue weighted by Crippen LogP contribution is 2.14. The number of terminal acetylenes is 1. The first-order valence-corrected chi connectivity index (χ1v) is 3.77. The summed E-state index contributed by atoms with van der Waals surface area (Å²) in [5, 5.41) is 0. The van der Waals surface area contributed by atoms with E-state index < -0.39 is 0 Å². The van der Waals surface area contributed by atoms with Crippen molar-refractivity contribution in [3.63, 3.8) is 0 Å². The molecule has 0 aliphatic carbocycles. The Balaban J connectivity index is 2.67. The predicted octanol–water partition coefficient (Wildman–Crippen LogP) is 2.27. The zero-order chi connectivity index (χ0) is 8.81. The van der Waals surface area contributed by atoms with Crippen molar-refractivity contribution < 1.29 is 4.74 Å². The molecule has 0 bridgehead atoms. The maximum atomic E-state index is 5.13. The van der Waals surface area contributed by atoms with Crippen LogP contribution in [0.2, 0.25) is 0 Å². The van der Waals surface area contributed by atoms with E-state index in [4.69, 9.17) is 11.2 Å². The predicted molar refractivity (Wildman–Crippen MR) is 49.8 cm³/mol. The van der Waals surface area contributed by atoms with Crippen molar-refractivity contribution in [2.45, 2.75) is 6.42 Å². The van der Waals surface area contributed by atoms with E-state index in [-0.39, 0.29) is 0 Å². The molecule has 0 saturated carbocycles. The van der Waals surface area contributed by atoms with Crippen LogP contribution in [-0.4, -0.2) is 7.11 Å². The van der Waals surface area contributed by atoms with Crippen molar-refractivity contribution in [2.24, 2.45) is 0 Å². The molecule has 1 radical (unpaired) electrons. The number of hydrogen-bond acceptors (Lipinski definition) is 1. The number of benzene rings is 1. The maximum absolute atomic E-state index is 5.13. The lowest BCUT2D eigenvalue weighted by molar-refractivity contribution is 0.414. The topological polar surface area (TPSA) is 9.23 Å². The molecule has 0 spiro atoms. The summed E-state index contributed by atoms with van der Waals surface area (Å²) in [5.41, 5.74) is 1.10. The molecule has 0 amide bonds. The average Bonchev–Trinajstić information content (AvgIpc) is 2.15. The second kappa shape index (κ2) is 4.46. The van der Waals surface area contributed by atoms with Gasteiger partial charge in [-0.25, -0.2) is 0 Å². The maximum Gasteiger partial charge on any atom is 0.119 e. The van der Waals surface area contributed by atoms with E-state index in [1.165, 1.54) is 0 Å². The van der Waals surface area contributed by atoms with Gasteiger partial charge in [0.2, 0.25) is 0 Å². The van der Waals surface area contributed by atoms with E-state index in [0.29, 0.717) is 6.42 Å². The lowest BCUT2D eigenvalue weighted by atomic mass is 10.1.